The van der Waals surface area contributed by atoms with Gasteiger partial charge < -0.3 is 24.6 Å². The lowest BCUT2D eigenvalue weighted by Gasteiger charge is -2.37. The van der Waals surface area contributed by atoms with Crippen LogP contribution in [-0.4, -0.2) is 106 Å². The van der Waals surface area contributed by atoms with Gasteiger partial charge in [-0.1, -0.05) is 19.1 Å². The third-order valence-corrected chi connectivity index (χ3v) is 6.15. The fourth-order valence-corrected chi connectivity index (χ4v) is 4.05. The Morgan fingerprint density at radius 3 is 2.39 bits per heavy atom. The number of amides is 1. The number of ether oxygens (including phenoxy) is 2. The predicted octanol–water partition coefficient (Wildman–Crippen LogP) is 1.24. The average Bonchev–Trinajstić information content (AvgIpc) is 2.83. The summed E-state index contributed by atoms with van der Waals surface area (Å²) >= 11 is 0. The normalized spacial score (nSPS) is 19.3. The number of morpholine rings is 1. The Balaban J connectivity index is 1.38. The van der Waals surface area contributed by atoms with Crippen LogP contribution in [0.1, 0.15) is 24.8 Å². The maximum atomic E-state index is 12.5. The SMILES string of the molecule is CN=C(NCCC(C)c1ccc(OC)cc1)N1CCN(CC(=O)N2CCOCC2)CC1. The quantitative estimate of drug-likeness (QED) is 0.518. The molecular formula is C23H37N5O3. The molecule has 0 aromatic heterocycles. The van der Waals surface area contributed by atoms with Crippen molar-refractivity contribution in [3.63, 3.8) is 0 Å². The van der Waals surface area contributed by atoms with Crippen molar-refractivity contribution in [3.05, 3.63) is 29.8 Å². The molecule has 1 aromatic rings. The Bertz CT molecular complexity index is 710. The third kappa shape index (κ3) is 6.83. The summed E-state index contributed by atoms with van der Waals surface area (Å²) in [4.78, 5) is 23.4. The zero-order chi connectivity index (χ0) is 22.1. The van der Waals surface area contributed by atoms with E-state index in [1.54, 1.807) is 7.11 Å². The van der Waals surface area contributed by atoms with E-state index in [1.165, 1.54) is 5.56 Å². The summed E-state index contributed by atoms with van der Waals surface area (Å²) in [5, 5.41) is 3.51. The summed E-state index contributed by atoms with van der Waals surface area (Å²) in [5.41, 5.74) is 1.32. The maximum Gasteiger partial charge on any atom is 0.236 e. The van der Waals surface area contributed by atoms with Crippen LogP contribution in [0.5, 0.6) is 5.75 Å². The molecule has 2 heterocycles. The Labute approximate surface area is 186 Å². The molecule has 0 bridgehead atoms. The van der Waals surface area contributed by atoms with E-state index in [2.05, 4.69) is 39.2 Å². The third-order valence-electron chi connectivity index (χ3n) is 6.15. The van der Waals surface area contributed by atoms with Crippen LogP contribution >= 0.6 is 0 Å². The molecule has 8 nitrogen and oxygen atoms in total. The molecule has 172 valence electrons. The molecule has 2 aliphatic rings. The largest absolute Gasteiger partial charge is 0.497 e. The minimum absolute atomic E-state index is 0.215. The number of carbonyl (C=O) groups is 1. The lowest BCUT2D eigenvalue weighted by atomic mass is 9.98. The molecule has 1 atom stereocenters. The molecule has 0 saturated carbocycles. The molecule has 8 heteroatoms. The molecular weight excluding hydrogens is 394 g/mol. The fourth-order valence-electron chi connectivity index (χ4n) is 4.05. The van der Waals surface area contributed by atoms with E-state index in [9.17, 15) is 4.79 Å². The number of hydrogen-bond acceptors (Lipinski definition) is 5. The molecule has 3 rings (SSSR count). The van der Waals surface area contributed by atoms with E-state index in [4.69, 9.17) is 9.47 Å². The number of methoxy groups -OCH3 is 1. The molecule has 1 N–H and O–H groups in total. The first-order chi connectivity index (χ1) is 15.1. The van der Waals surface area contributed by atoms with Gasteiger partial charge in [0.1, 0.15) is 5.75 Å². The number of benzene rings is 1. The minimum Gasteiger partial charge on any atom is -0.497 e. The topological polar surface area (TPSA) is 69.6 Å². The van der Waals surface area contributed by atoms with Crippen molar-refractivity contribution >= 4 is 11.9 Å². The first kappa shape index (κ1) is 23.3. The van der Waals surface area contributed by atoms with Gasteiger partial charge >= 0.3 is 0 Å². The number of nitrogens with one attached hydrogen (secondary N) is 1. The molecule has 1 amide bonds. The summed E-state index contributed by atoms with van der Waals surface area (Å²) < 4.78 is 10.6. The van der Waals surface area contributed by atoms with Crippen molar-refractivity contribution in [1.82, 2.24) is 20.0 Å². The second kappa shape index (κ2) is 11.9. The van der Waals surface area contributed by atoms with Gasteiger partial charge in [-0.2, -0.15) is 0 Å². The fraction of sp³-hybridized carbons (Fsp3) is 0.652. The monoisotopic (exact) mass is 431 g/mol. The molecule has 0 radical (unpaired) electrons. The number of aliphatic imine (C=N–C) groups is 1. The van der Waals surface area contributed by atoms with Crippen molar-refractivity contribution in [3.8, 4) is 5.75 Å². The molecule has 1 unspecified atom stereocenters. The van der Waals surface area contributed by atoms with Gasteiger partial charge in [-0.05, 0) is 30.0 Å². The highest BCUT2D eigenvalue weighted by Gasteiger charge is 2.24. The van der Waals surface area contributed by atoms with Gasteiger partial charge in [-0.25, -0.2) is 0 Å². The average molecular weight is 432 g/mol. The first-order valence-electron chi connectivity index (χ1n) is 11.3. The van der Waals surface area contributed by atoms with Crippen molar-refractivity contribution in [2.24, 2.45) is 4.99 Å². The summed E-state index contributed by atoms with van der Waals surface area (Å²) in [6, 6.07) is 8.30. The summed E-state index contributed by atoms with van der Waals surface area (Å²) in [6.45, 7) is 9.85. The number of guanidine groups is 1. The number of piperazine rings is 1. The Morgan fingerprint density at radius 1 is 1.10 bits per heavy atom. The summed E-state index contributed by atoms with van der Waals surface area (Å²) in [7, 11) is 3.53. The van der Waals surface area contributed by atoms with Crippen LogP contribution < -0.4 is 10.1 Å². The standard InChI is InChI=1S/C23H37N5O3/c1-19(20-4-6-21(30-3)7-5-20)8-9-25-23(24-2)28-12-10-26(11-13-28)18-22(29)27-14-16-31-17-15-27/h4-7,19H,8-18H2,1-3H3,(H,24,25). The lowest BCUT2D eigenvalue weighted by Crippen LogP contribution is -2.55. The number of carbonyl (C=O) groups excluding carboxylic acids is 1. The van der Waals surface area contributed by atoms with Crippen molar-refractivity contribution < 1.29 is 14.3 Å². The molecule has 0 aliphatic carbocycles. The highest BCUT2D eigenvalue weighted by molar-refractivity contribution is 5.80. The van der Waals surface area contributed by atoms with Gasteiger partial charge in [0, 0.05) is 52.9 Å². The Morgan fingerprint density at radius 2 is 1.77 bits per heavy atom. The highest BCUT2D eigenvalue weighted by atomic mass is 16.5. The van der Waals surface area contributed by atoms with E-state index in [-0.39, 0.29) is 5.91 Å². The van der Waals surface area contributed by atoms with E-state index >= 15 is 0 Å². The highest BCUT2D eigenvalue weighted by Crippen LogP contribution is 2.21. The van der Waals surface area contributed by atoms with Gasteiger partial charge in [0.25, 0.3) is 0 Å². The number of hydrogen-bond donors (Lipinski definition) is 1. The number of nitrogens with zero attached hydrogens (tertiary/aromatic N) is 4. The molecule has 1 aromatic carbocycles. The van der Waals surface area contributed by atoms with Crippen LogP contribution in [0.2, 0.25) is 0 Å². The Hall–Kier alpha value is -2.32. The van der Waals surface area contributed by atoms with E-state index in [0.717, 1.165) is 50.9 Å². The van der Waals surface area contributed by atoms with Gasteiger partial charge in [0.2, 0.25) is 5.91 Å². The predicted molar refractivity (Wildman–Crippen MR) is 123 cm³/mol. The van der Waals surface area contributed by atoms with Crippen molar-refractivity contribution in [1.29, 1.82) is 0 Å². The summed E-state index contributed by atoms with van der Waals surface area (Å²) in [6.07, 6.45) is 1.03. The molecule has 2 fully saturated rings. The van der Waals surface area contributed by atoms with Crippen LogP contribution in [0.3, 0.4) is 0 Å². The molecule has 2 aliphatic heterocycles. The number of rotatable bonds is 7. The van der Waals surface area contributed by atoms with Crippen LogP contribution in [0.25, 0.3) is 0 Å². The maximum absolute atomic E-state index is 12.5. The van der Waals surface area contributed by atoms with E-state index < -0.39 is 0 Å². The molecule has 0 spiro atoms. The summed E-state index contributed by atoms with van der Waals surface area (Å²) in [5.74, 6) is 2.51. The van der Waals surface area contributed by atoms with Gasteiger partial charge in [0.15, 0.2) is 5.96 Å². The smallest absolute Gasteiger partial charge is 0.236 e. The van der Waals surface area contributed by atoms with Crippen molar-refractivity contribution in [2.75, 3.05) is 79.7 Å². The Kier molecular flexibility index (Phi) is 8.97. The van der Waals surface area contributed by atoms with E-state index in [0.29, 0.717) is 38.8 Å². The minimum atomic E-state index is 0.215. The van der Waals surface area contributed by atoms with Gasteiger partial charge in [0.05, 0.1) is 26.9 Å². The van der Waals surface area contributed by atoms with Crippen molar-refractivity contribution in [2.45, 2.75) is 19.3 Å². The second-order valence-electron chi connectivity index (χ2n) is 8.19. The van der Waals surface area contributed by atoms with Crippen LogP contribution in [0.4, 0.5) is 0 Å². The first-order valence-corrected chi connectivity index (χ1v) is 11.3. The van der Waals surface area contributed by atoms with Crippen LogP contribution in [0.15, 0.2) is 29.3 Å². The van der Waals surface area contributed by atoms with Gasteiger partial charge in [-0.3, -0.25) is 14.7 Å². The zero-order valence-electron chi connectivity index (χ0n) is 19.2. The van der Waals surface area contributed by atoms with E-state index in [1.807, 2.05) is 24.1 Å². The lowest BCUT2D eigenvalue weighted by molar-refractivity contribution is -0.136. The van der Waals surface area contributed by atoms with Crippen LogP contribution in [-0.2, 0) is 9.53 Å². The molecule has 31 heavy (non-hydrogen) atoms. The second-order valence-corrected chi connectivity index (χ2v) is 8.19. The zero-order valence-corrected chi connectivity index (χ0v) is 19.2. The van der Waals surface area contributed by atoms with Crippen LogP contribution in [0, 0.1) is 0 Å². The van der Waals surface area contributed by atoms with Gasteiger partial charge in [-0.15, -0.1) is 0 Å². The molecule has 2 saturated heterocycles.